The van der Waals surface area contributed by atoms with E-state index in [4.69, 9.17) is 15.0 Å². The predicted molar refractivity (Wildman–Crippen MR) is 288 cm³/mol. The molecule has 0 amide bonds. The van der Waals surface area contributed by atoms with Gasteiger partial charge in [0.05, 0.1) is 13.5 Å². The summed E-state index contributed by atoms with van der Waals surface area (Å²) in [5.41, 5.74) is 16.9. The Kier molecular flexibility index (Phi) is 10.3. The molecule has 0 atom stereocenters. The zero-order valence-electron chi connectivity index (χ0n) is 38.2. The van der Waals surface area contributed by atoms with Gasteiger partial charge in [0.25, 0.3) is 0 Å². The quantitative estimate of drug-likeness (QED) is 0.135. The zero-order valence-corrected chi connectivity index (χ0v) is 40.0. The second-order valence-corrected chi connectivity index (χ2v) is 24.8. The zero-order chi connectivity index (χ0) is 45.8. The van der Waals surface area contributed by atoms with Gasteiger partial charge in [-0.3, -0.25) is 0 Å². The number of nitrogens with zero attached hydrogens (tertiary/aromatic N) is 3. The van der Waals surface area contributed by atoms with E-state index in [2.05, 4.69) is 243 Å². The van der Waals surface area contributed by atoms with E-state index in [1.54, 1.807) is 11.3 Å². The van der Waals surface area contributed by atoms with E-state index in [-0.39, 0.29) is 0 Å². The van der Waals surface area contributed by atoms with Crippen molar-refractivity contribution in [1.29, 1.82) is 0 Å². The molecule has 1 aliphatic rings. The molecule has 0 bridgehead atoms. The van der Waals surface area contributed by atoms with Crippen molar-refractivity contribution in [3.63, 3.8) is 0 Å². The molecule has 1 aliphatic carbocycles. The van der Waals surface area contributed by atoms with Gasteiger partial charge in [0.15, 0.2) is 17.5 Å². The summed E-state index contributed by atoms with van der Waals surface area (Å²) in [4.78, 5) is 15.6. The summed E-state index contributed by atoms with van der Waals surface area (Å²) < 4.78 is 1.20. The highest BCUT2D eigenvalue weighted by Gasteiger charge is 2.46. The Morgan fingerprint density at radius 1 is 0.353 bits per heavy atom. The van der Waals surface area contributed by atoms with Gasteiger partial charge in [0, 0.05) is 32.2 Å². The van der Waals surface area contributed by atoms with Crippen molar-refractivity contribution < 1.29 is 0 Å². The average Bonchev–Trinajstić information content (AvgIpc) is 3.96. The first-order valence-electron chi connectivity index (χ1n) is 23.3. The van der Waals surface area contributed by atoms with Crippen LogP contribution in [-0.4, -0.2) is 23.0 Å². The van der Waals surface area contributed by atoms with Crippen LogP contribution in [0.4, 0.5) is 0 Å². The van der Waals surface area contributed by atoms with E-state index in [0.29, 0.717) is 17.5 Å². The maximum Gasteiger partial charge on any atom is 0.165 e. The van der Waals surface area contributed by atoms with E-state index >= 15 is 0 Å². The number of thiophene rings is 1. The number of hydrogen-bond donors (Lipinski definition) is 0. The predicted octanol–water partition coefficient (Wildman–Crippen LogP) is 16.0. The van der Waals surface area contributed by atoms with Crippen LogP contribution in [0.1, 0.15) is 22.3 Å². The van der Waals surface area contributed by atoms with Crippen molar-refractivity contribution >= 4 is 34.7 Å². The molecule has 12 rings (SSSR count). The molecule has 0 aliphatic heterocycles. The van der Waals surface area contributed by atoms with Crippen LogP contribution in [-0.2, 0) is 5.41 Å². The normalized spacial score (nSPS) is 12.8. The number of rotatable bonds is 9. The van der Waals surface area contributed by atoms with Crippen LogP contribution in [0, 0.1) is 0 Å². The fourth-order valence-corrected chi connectivity index (χ4v) is 12.3. The number of aromatic nitrogens is 3. The molecular weight excluding hydrogens is 859 g/mol. The summed E-state index contributed by atoms with van der Waals surface area (Å²) in [6.07, 6.45) is 0. The molecule has 2 heterocycles. The fourth-order valence-electron chi connectivity index (χ4n) is 10.2. The molecule has 0 saturated heterocycles. The van der Waals surface area contributed by atoms with E-state index in [1.807, 2.05) is 6.07 Å². The van der Waals surface area contributed by atoms with Crippen LogP contribution in [0.3, 0.4) is 0 Å². The highest BCUT2D eigenvalue weighted by atomic mass is 32.1. The topological polar surface area (TPSA) is 38.7 Å². The van der Waals surface area contributed by atoms with Crippen molar-refractivity contribution in [2.45, 2.75) is 25.1 Å². The van der Waals surface area contributed by atoms with Gasteiger partial charge in [-0.25, -0.2) is 15.0 Å². The summed E-state index contributed by atoms with van der Waals surface area (Å²) >= 11 is 1.71. The van der Waals surface area contributed by atoms with Gasteiger partial charge in [-0.1, -0.05) is 225 Å². The second kappa shape index (κ2) is 16.8. The van der Waals surface area contributed by atoms with Crippen LogP contribution in [0.25, 0.3) is 88.8 Å². The molecule has 3 nitrogen and oxygen atoms in total. The van der Waals surface area contributed by atoms with Crippen molar-refractivity contribution in [1.82, 2.24) is 15.0 Å². The van der Waals surface area contributed by atoms with Gasteiger partial charge in [-0.2, -0.15) is 0 Å². The maximum atomic E-state index is 5.25. The first kappa shape index (κ1) is 41.6. The summed E-state index contributed by atoms with van der Waals surface area (Å²) in [6, 6.07) is 81.8. The lowest BCUT2D eigenvalue weighted by molar-refractivity contribution is 0.769. The molecule has 0 spiro atoms. The first-order valence-corrected chi connectivity index (χ1v) is 27.7. The van der Waals surface area contributed by atoms with Gasteiger partial charge in [-0.05, 0) is 91.0 Å². The van der Waals surface area contributed by atoms with Gasteiger partial charge >= 0.3 is 0 Å². The van der Waals surface area contributed by atoms with E-state index in [0.717, 1.165) is 38.8 Å². The third-order valence-electron chi connectivity index (χ3n) is 13.7. The minimum absolute atomic E-state index is 0.563. The van der Waals surface area contributed by atoms with Crippen molar-refractivity contribution in [2.24, 2.45) is 0 Å². The van der Waals surface area contributed by atoms with Crippen LogP contribution >= 0.6 is 11.3 Å². The van der Waals surface area contributed by atoms with Gasteiger partial charge in [-0.15, -0.1) is 11.3 Å². The van der Waals surface area contributed by atoms with E-state index in [9.17, 15) is 0 Å². The third kappa shape index (κ3) is 7.23. The number of hydrogen-bond acceptors (Lipinski definition) is 4. The monoisotopic (exact) mass is 905 g/mol. The Balaban J connectivity index is 1.00. The molecule has 0 fully saturated rings. The Bertz CT molecular complexity index is 3590. The maximum absolute atomic E-state index is 5.25. The molecule has 68 heavy (non-hydrogen) atoms. The second-order valence-electron chi connectivity index (χ2n) is 18.8. The molecule has 0 radical (unpaired) electrons. The fraction of sp³-hybridized carbons (Fsp3) is 0.0635. The minimum atomic E-state index is -1.45. The highest BCUT2D eigenvalue weighted by Crippen LogP contribution is 2.57. The summed E-state index contributed by atoms with van der Waals surface area (Å²) in [6.45, 7) is 7.23. The summed E-state index contributed by atoms with van der Waals surface area (Å²) in [5, 5.41) is 4.78. The lowest BCUT2D eigenvalue weighted by atomic mass is 9.67. The van der Waals surface area contributed by atoms with E-state index in [1.165, 1.54) is 60.0 Å². The molecule has 11 aromatic rings. The lowest BCUT2D eigenvalue weighted by Crippen LogP contribution is -2.37. The SMILES string of the molecule is C[Si](C)(C)c1ccc(-c2ccc3c(c2)C(c2ccccc2)(c2ccccc2)c2cc(-c4cccc(-c5nc(-c6ccc(-c7ccccc7)cc6)nc(-c6csc7ccccc67)n5)c4)ccc2-3)cc1. The number of fused-ring (bicyclic) bond motifs is 4. The summed E-state index contributed by atoms with van der Waals surface area (Å²) in [5.74, 6) is 1.94. The molecule has 5 heteroatoms. The van der Waals surface area contributed by atoms with Crippen molar-refractivity contribution in [2.75, 3.05) is 0 Å². The molecule has 0 saturated carbocycles. The molecule has 9 aromatic carbocycles. The van der Waals surface area contributed by atoms with Crippen LogP contribution in [0.5, 0.6) is 0 Å². The molecule has 2 aromatic heterocycles. The van der Waals surface area contributed by atoms with Crippen LogP contribution < -0.4 is 5.19 Å². The molecule has 0 N–H and O–H groups in total. The number of benzene rings is 9. The highest BCUT2D eigenvalue weighted by molar-refractivity contribution is 7.17. The van der Waals surface area contributed by atoms with Crippen LogP contribution in [0.15, 0.2) is 230 Å². The first-order chi connectivity index (χ1) is 33.3. The Morgan fingerprint density at radius 2 is 0.794 bits per heavy atom. The van der Waals surface area contributed by atoms with Gasteiger partial charge in [0.1, 0.15) is 0 Å². The largest absolute Gasteiger partial charge is 0.208 e. The smallest absolute Gasteiger partial charge is 0.165 e. The molecule has 324 valence electrons. The van der Waals surface area contributed by atoms with Crippen molar-refractivity contribution in [3.05, 3.63) is 252 Å². The average molecular weight is 906 g/mol. The van der Waals surface area contributed by atoms with Gasteiger partial charge in [0.2, 0.25) is 0 Å². The Labute approximate surface area is 403 Å². The molecular formula is C63H47N3SSi. The standard InChI is InChI=1S/C63H47N3SSi/c1-68(2,3)52-34-30-44(31-35-52)47-32-36-53-54-37-33-48(40-58(54)63(57(53)39-47,50-20-9-5-10-21-50)51-22-11-6-12-23-51)46-18-15-19-49(38-46)61-64-60(45-28-26-43(27-29-45)42-16-7-4-8-17-42)65-62(66-61)56-41-67-59-25-14-13-24-55(56)59/h4-41H,1-3H3. The van der Waals surface area contributed by atoms with E-state index < -0.39 is 13.5 Å². The molecule has 0 unspecified atom stereocenters. The van der Waals surface area contributed by atoms with Crippen molar-refractivity contribution in [3.8, 4) is 78.7 Å². The third-order valence-corrected chi connectivity index (χ3v) is 16.7. The van der Waals surface area contributed by atoms with Crippen LogP contribution in [0.2, 0.25) is 19.6 Å². The lowest BCUT2D eigenvalue weighted by Gasteiger charge is -2.34. The summed E-state index contributed by atoms with van der Waals surface area (Å²) in [7, 11) is -1.45. The Hall–Kier alpha value is -7.83. The van der Waals surface area contributed by atoms with Gasteiger partial charge < -0.3 is 0 Å². The minimum Gasteiger partial charge on any atom is -0.208 e. The Morgan fingerprint density at radius 3 is 1.43 bits per heavy atom.